The van der Waals surface area contributed by atoms with Crippen LogP contribution >= 0.6 is 11.8 Å². The van der Waals surface area contributed by atoms with Crippen LogP contribution in [0.5, 0.6) is 5.75 Å². The van der Waals surface area contributed by atoms with Gasteiger partial charge in [0.25, 0.3) is 5.69 Å². The third kappa shape index (κ3) is 3.08. The summed E-state index contributed by atoms with van der Waals surface area (Å²) in [4.78, 5) is 11.9. The highest BCUT2D eigenvalue weighted by molar-refractivity contribution is 7.99. The molecule has 2 aromatic carbocycles. The van der Waals surface area contributed by atoms with Crippen molar-refractivity contribution in [2.75, 3.05) is 7.11 Å². The quantitative estimate of drug-likeness (QED) is 0.633. The number of nitro groups is 1. The lowest BCUT2D eigenvalue weighted by molar-refractivity contribution is -0.387. The van der Waals surface area contributed by atoms with Gasteiger partial charge >= 0.3 is 0 Å². The number of nitro benzene ring substituents is 1. The van der Waals surface area contributed by atoms with Crippen molar-refractivity contribution >= 4 is 17.4 Å². The van der Waals surface area contributed by atoms with E-state index in [1.165, 1.54) is 17.8 Å². The second-order valence-corrected chi connectivity index (χ2v) is 4.94. The molecule has 0 radical (unpaired) electrons. The van der Waals surface area contributed by atoms with Gasteiger partial charge < -0.3 is 4.74 Å². The van der Waals surface area contributed by atoms with E-state index < -0.39 is 4.92 Å². The zero-order valence-corrected chi connectivity index (χ0v) is 11.4. The van der Waals surface area contributed by atoms with Crippen molar-refractivity contribution in [3.05, 3.63) is 58.1 Å². The molecule has 0 unspecified atom stereocenters. The Bertz CT molecular complexity index is 678. The maximum atomic E-state index is 11.0. The van der Waals surface area contributed by atoms with Crippen LogP contribution in [0.3, 0.4) is 0 Å². The van der Waals surface area contributed by atoms with Crippen molar-refractivity contribution in [2.45, 2.75) is 9.79 Å². The third-order valence-corrected chi connectivity index (χ3v) is 3.64. The standard InChI is InChI=1S/C14H10N2O3S/c1-19-11-3-5-12(6-4-11)20-14-7-2-10(9-15)8-13(14)16(17)18/h2-8H,1H3. The van der Waals surface area contributed by atoms with Crippen LogP contribution in [0.2, 0.25) is 0 Å². The molecule has 0 bridgehead atoms. The van der Waals surface area contributed by atoms with E-state index in [9.17, 15) is 10.1 Å². The Labute approximate surface area is 120 Å². The molecule has 100 valence electrons. The average Bonchev–Trinajstić information content (AvgIpc) is 2.48. The van der Waals surface area contributed by atoms with E-state index in [-0.39, 0.29) is 11.3 Å². The van der Waals surface area contributed by atoms with E-state index in [0.717, 1.165) is 10.6 Å². The van der Waals surface area contributed by atoms with E-state index in [4.69, 9.17) is 10.00 Å². The lowest BCUT2D eigenvalue weighted by atomic mass is 10.2. The molecule has 2 rings (SSSR count). The Morgan fingerprint density at radius 1 is 1.25 bits per heavy atom. The summed E-state index contributed by atoms with van der Waals surface area (Å²) in [6.45, 7) is 0. The Kier molecular flexibility index (Phi) is 4.23. The fourth-order valence-electron chi connectivity index (χ4n) is 1.59. The summed E-state index contributed by atoms with van der Waals surface area (Å²) in [7, 11) is 1.58. The Morgan fingerprint density at radius 3 is 2.50 bits per heavy atom. The predicted octanol–water partition coefficient (Wildman–Crippen LogP) is 3.63. The SMILES string of the molecule is COc1ccc(Sc2ccc(C#N)cc2[N+](=O)[O-])cc1. The number of ether oxygens (including phenoxy) is 1. The van der Waals surface area contributed by atoms with Crippen LogP contribution < -0.4 is 4.74 Å². The molecule has 0 aromatic heterocycles. The normalized spacial score (nSPS) is 9.80. The minimum atomic E-state index is -0.479. The average molecular weight is 286 g/mol. The molecule has 0 amide bonds. The predicted molar refractivity (Wildman–Crippen MR) is 74.9 cm³/mol. The van der Waals surface area contributed by atoms with Gasteiger partial charge in [0, 0.05) is 11.0 Å². The zero-order valence-electron chi connectivity index (χ0n) is 10.6. The van der Waals surface area contributed by atoms with Gasteiger partial charge in [-0.15, -0.1) is 0 Å². The van der Waals surface area contributed by atoms with Gasteiger partial charge in [-0.25, -0.2) is 0 Å². The van der Waals surface area contributed by atoms with Crippen LogP contribution in [0.25, 0.3) is 0 Å². The van der Waals surface area contributed by atoms with Crippen molar-refractivity contribution in [2.24, 2.45) is 0 Å². The molecule has 20 heavy (non-hydrogen) atoms. The van der Waals surface area contributed by atoms with Crippen LogP contribution in [0.4, 0.5) is 5.69 Å². The lowest BCUT2D eigenvalue weighted by Gasteiger charge is -2.04. The monoisotopic (exact) mass is 286 g/mol. The minimum Gasteiger partial charge on any atom is -0.497 e. The Hall–Kier alpha value is -2.52. The molecule has 0 atom stereocenters. The summed E-state index contributed by atoms with van der Waals surface area (Å²) in [6, 6.07) is 13.6. The molecule has 0 saturated heterocycles. The maximum Gasteiger partial charge on any atom is 0.284 e. The molecule has 0 saturated carbocycles. The molecule has 0 heterocycles. The van der Waals surface area contributed by atoms with E-state index in [1.54, 1.807) is 31.4 Å². The topological polar surface area (TPSA) is 76.2 Å². The number of rotatable bonds is 4. The third-order valence-electron chi connectivity index (χ3n) is 2.57. The summed E-state index contributed by atoms with van der Waals surface area (Å²) in [5, 5.41) is 19.8. The van der Waals surface area contributed by atoms with Gasteiger partial charge in [0.2, 0.25) is 0 Å². The van der Waals surface area contributed by atoms with Crippen molar-refractivity contribution in [3.8, 4) is 11.8 Å². The summed E-state index contributed by atoms with van der Waals surface area (Å²) in [6.07, 6.45) is 0. The van der Waals surface area contributed by atoms with E-state index in [1.807, 2.05) is 18.2 Å². The van der Waals surface area contributed by atoms with Crippen LogP contribution in [-0.2, 0) is 0 Å². The number of nitriles is 1. The smallest absolute Gasteiger partial charge is 0.284 e. The molecule has 0 aliphatic carbocycles. The second-order valence-electron chi connectivity index (χ2n) is 3.83. The number of nitrogens with zero attached hydrogens (tertiary/aromatic N) is 2. The molecule has 2 aromatic rings. The summed E-state index contributed by atoms with van der Waals surface area (Å²) in [5.41, 5.74) is 0.209. The first-order chi connectivity index (χ1) is 9.63. The number of hydrogen-bond donors (Lipinski definition) is 0. The molecule has 0 spiro atoms. The number of methoxy groups -OCH3 is 1. The molecule has 0 aliphatic heterocycles. The van der Waals surface area contributed by atoms with Crippen LogP contribution in [0.1, 0.15) is 5.56 Å². The lowest BCUT2D eigenvalue weighted by Crippen LogP contribution is -1.92. The summed E-state index contributed by atoms with van der Waals surface area (Å²) >= 11 is 1.27. The van der Waals surface area contributed by atoms with Crippen molar-refractivity contribution in [3.63, 3.8) is 0 Å². The Morgan fingerprint density at radius 2 is 1.95 bits per heavy atom. The van der Waals surface area contributed by atoms with Gasteiger partial charge in [0.05, 0.1) is 28.6 Å². The van der Waals surface area contributed by atoms with Gasteiger partial charge in [0.15, 0.2) is 0 Å². The molecule has 5 nitrogen and oxygen atoms in total. The van der Waals surface area contributed by atoms with Crippen LogP contribution in [0, 0.1) is 21.4 Å². The van der Waals surface area contributed by atoms with Crippen LogP contribution in [0.15, 0.2) is 52.3 Å². The van der Waals surface area contributed by atoms with E-state index >= 15 is 0 Å². The Balaban J connectivity index is 2.32. The van der Waals surface area contributed by atoms with E-state index in [2.05, 4.69) is 0 Å². The molecular formula is C14H10N2O3S. The summed E-state index contributed by atoms with van der Waals surface area (Å²) in [5.74, 6) is 0.726. The first-order valence-electron chi connectivity index (χ1n) is 5.64. The molecular weight excluding hydrogens is 276 g/mol. The van der Waals surface area contributed by atoms with E-state index in [0.29, 0.717) is 4.90 Å². The van der Waals surface area contributed by atoms with Crippen LogP contribution in [-0.4, -0.2) is 12.0 Å². The second kappa shape index (κ2) is 6.08. The molecule has 0 fully saturated rings. The van der Waals surface area contributed by atoms with Crippen molar-refractivity contribution in [1.29, 1.82) is 5.26 Å². The van der Waals surface area contributed by atoms with Crippen molar-refractivity contribution < 1.29 is 9.66 Å². The van der Waals surface area contributed by atoms with Gasteiger partial charge in [-0.05, 0) is 36.4 Å². The van der Waals surface area contributed by atoms with Crippen molar-refractivity contribution in [1.82, 2.24) is 0 Å². The van der Waals surface area contributed by atoms with Gasteiger partial charge in [-0.1, -0.05) is 11.8 Å². The van der Waals surface area contributed by atoms with Gasteiger partial charge in [0.1, 0.15) is 5.75 Å². The zero-order chi connectivity index (χ0) is 14.5. The molecule has 0 aliphatic rings. The van der Waals surface area contributed by atoms with Gasteiger partial charge in [-0.3, -0.25) is 10.1 Å². The first kappa shape index (κ1) is 13.9. The summed E-state index contributed by atoms with van der Waals surface area (Å²) < 4.78 is 5.06. The van der Waals surface area contributed by atoms with Gasteiger partial charge in [-0.2, -0.15) is 5.26 Å². The largest absolute Gasteiger partial charge is 0.497 e. The highest BCUT2D eigenvalue weighted by atomic mass is 32.2. The molecule has 0 N–H and O–H groups in total. The fourth-order valence-corrected chi connectivity index (χ4v) is 2.49. The highest BCUT2D eigenvalue weighted by Crippen LogP contribution is 2.35. The maximum absolute atomic E-state index is 11.0. The number of hydrogen-bond acceptors (Lipinski definition) is 5. The minimum absolute atomic E-state index is 0.0649. The first-order valence-corrected chi connectivity index (χ1v) is 6.46. The number of benzene rings is 2. The molecule has 6 heteroatoms. The highest BCUT2D eigenvalue weighted by Gasteiger charge is 2.15. The fraction of sp³-hybridized carbons (Fsp3) is 0.0714.